The van der Waals surface area contributed by atoms with Crippen molar-refractivity contribution in [1.29, 1.82) is 0 Å². The van der Waals surface area contributed by atoms with Crippen LogP contribution in [0.2, 0.25) is 5.02 Å². The van der Waals surface area contributed by atoms with Crippen molar-refractivity contribution in [3.8, 4) is 0 Å². The zero-order valence-corrected chi connectivity index (χ0v) is 14.9. The van der Waals surface area contributed by atoms with Gasteiger partial charge in [0.05, 0.1) is 6.54 Å². The molecule has 0 spiro atoms. The zero-order chi connectivity index (χ0) is 18.0. The highest BCUT2D eigenvalue weighted by atomic mass is 35.5. The quantitative estimate of drug-likeness (QED) is 0.840. The highest BCUT2D eigenvalue weighted by molar-refractivity contribution is 6.31. The minimum Gasteiger partial charge on any atom is -0.345 e. The maximum Gasteiger partial charge on any atom is 0.243 e. The van der Waals surface area contributed by atoms with Gasteiger partial charge in [0.15, 0.2) is 0 Å². The monoisotopic (exact) mass is 363 g/mol. The number of halogens is 1. The summed E-state index contributed by atoms with van der Waals surface area (Å²) in [7, 11) is 0. The molecular formula is C18H22ClN3O3. The van der Waals surface area contributed by atoms with E-state index in [4.69, 9.17) is 11.6 Å². The van der Waals surface area contributed by atoms with Crippen molar-refractivity contribution < 1.29 is 14.4 Å². The van der Waals surface area contributed by atoms with Crippen LogP contribution in [0.25, 0.3) is 0 Å². The van der Waals surface area contributed by atoms with Crippen LogP contribution in [-0.4, -0.2) is 41.8 Å². The molecule has 2 N–H and O–H groups in total. The van der Waals surface area contributed by atoms with Gasteiger partial charge in [-0.15, -0.1) is 0 Å². The highest BCUT2D eigenvalue weighted by Gasteiger charge is 2.40. The lowest BCUT2D eigenvalue weighted by atomic mass is 10.2. The molecule has 1 aromatic rings. The zero-order valence-electron chi connectivity index (χ0n) is 14.2. The van der Waals surface area contributed by atoms with E-state index >= 15 is 0 Å². The molecule has 0 aromatic heterocycles. The topological polar surface area (TPSA) is 78.5 Å². The van der Waals surface area contributed by atoms with Gasteiger partial charge >= 0.3 is 0 Å². The van der Waals surface area contributed by atoms with Gasteiger partial charge in [-0.3, -0.25) is 14.4 Å². The van der Waals surface area contributed by atoms with Crippen LogP contribution < -0.4 is 10.6 Å². The van der Waals surface area contributed by atoms with Gasteiger partial charge in [0.1, 0.15) is 6.04 Å². The Morgan fingerprint density at radius 3 is 2.72 bits per heavy atom. The molecule has 1 aliphatic heterocycles. The molecule has 1 saturated heterocycles. The second-order valence-corrected chi connectivity index (χ2v) is 7.05. The summed E-state index contributed by atoms with van der Waals surface area (Å²) in [6.07, 6.45) is 3.32. The average molecular weight is 364 g/mol. The maximum atomic E-state index is 12.4. The van der Waals surface area contributed by atoms with Gasteiger partial charge in [-0.05, 0) is 50.3 Å². The van der Waals surface area contributed by atoms with E-state index in [9.17, 15) is 14.4 Å². The molecule has 0 radical (unpaired) electrons. The van der Waals surface area contributed by atoms with Gasteiger partial charge < -0.3 is 15.5 Å². The smallest absolute Gasteiger partial charge is 0.243 e. The first-order chi connectivity index (χ1) is 12.0. The number of rotatable bonds is 5. The predicted molar refractivity (Wildman–Crippen MR) is 95.3 cm³/mol. The predicted octanol–water partition coefficient (Wildman–Crippen LogP) is 2.10. The van der Waals surface area contributed by atoms with Crippen LogP contribution in [0, 0.1) is 12.8 Å². The first-order valence-corrected chi connectivity index (χ1v) is 8.98. The van der Waals surface area contributed by atoms with Crippen molar-refractivity contribution in [3.05, 3.63) is 28.8 Å². The normalized spacial score (nSPS) is 19.6. The summed E-state index contributed by atoms with van der Waals surface area (Å²) in [5, 5.41) is 5.96. The van der Waals surface area contributed by atoms with Crippen LogP contribution in [0.15, 0.2) is 18.2 Å². The number of nitrogens with one attached hydrogen (secondary N) is 2. The molecule has 1 atom stereocenters. The third kappa shape index (κ3) is 4.12. The molecule has 134 valence electrons. The molecule has 2 fully saturated rings. The Balaban J connectivity index is 1.52. The van der Waals surface area contributed by atoms with E-state index < -0.39 is 6.04 Å². The van der Waals surface area contributed by atoms with Crippen LogP contribution in [0.4, 0.5) is 5.69 Å². The standard InChI is InChI=1S/C18H22ClN3O3/c1-11-13(19)4-2-5-14(11)21-16(23)10-20-17(24)15-6-3-9-22(15)18(25)12-7-8-12/h2,4-5,12,15H,3,6-10H2,1H3,(H,20,24)(H,21,23). The summed E-state index contributed by atoms with van der Waals surface area (Å²) in [6.45, 7) is 2.31. The second kappa shape index (κ2) is 7.44. The van der Waals surface area contributed by atoms with E-state index in [1.54, 1.807) is 23.1 Å². The molecule has 1 unspecified atom stereocenters. The first-order valence-electron chi connectivity index (χ1n) is 8.60. The molecule has 3 rings (SSSR count). The minimum atomic E-state index is -0.450. The number of benzene rings is 1. The Kier molecular flexibility index (Phi) is 5.27. The summed E-state index contributed by atoms with van der Waals surface area (Å²) < 4.78 is 0. The summed E-state index contributed by atoms with van der Waals surface area (Å²) in [4.78, 5) is 38.4. The average Bonchev–Trinajstić information content (AvgIpc) is 3.32. The Labute approximate surface area is 151 Å². The number of carbonyl (C=O) groups is 3. The van der Waals surface area contributed by atoms with Gasteiger partial charge in [-0.1, -0.05) is 17.7 Å². The molecule has 0 bridgehead atoms. The number of nitrogens with zero attached hydrogens (tertiary/aromatic N) is 1. The lowest BCUT2D eigenvalue weighted by Crippen LogP contribution is -2.48. The molecule has 1 heterocycles. The van der Waals surface area contributed by atoms with E-state index in [-0.39, 0.29) is 30.2 Å². The van der Waals surface area contributed by atoms with Gasteiger partial charge in [-0.25, -0.2) is 0 Å². The van der Waals surface area contributed by atoms with Crippen LogP contribution >= 0.6 is 11.6 Å². The van der Waals surface area contributed by atoms with Crippen molar-refractivity contribution >= 4 is 35.0 Å². The summed E-state index contributed by atoms with van der Waals surface area (Å²) in [6, 6.07) is 4.81. The first kappa shape index (κ1) is 17.7. The third-order valence-corrected chi connectivity index (χ3v) is 5.14. The van der Waals surface area contributed by atoms with E-state index in [0.29, 0.717) is 23.7 Å². The molecule has 25 heavy (non-hydrogen) atoms. The van der Waals surface area contributed by atoms with Crippen molar-refractivity contribution in [1.82, 2.24) is 10.2 Å². The molecule has 1 aromatic carbocycles. The van der Waals surface area contributed by atoms with Gasteiger partial charge in [0.2, 0.25) is 17.7 Å². The minimum absolute atomic E-state index is 0.0802. The lowest BCUT2D eigenvalue weighted by Gasteiger charge is -2.23. The number of anilines is 1. The van der Waals surface area contributed by atoms with E-state index in [2.05, 4.69) is 10.6 Å². The molecular weight excluding hydrogens is 342 g/mol. The molecule has 1 saturated carbocycles. The molecule has 3 amide bonds. The van der Waals surface area contributed by atoms with Crippen LogP contribution in [-0.2, 0) is 14.4 Å². The van der Waals surface area contributed by atoms with Crippen molar-refractivity contribution in [2.75, 3.05) is 18.4 Å². The molecule has 2 aliphatic rings. The maximum absolute atomic E-state index is 12.4. The molecule has 7 heteroatoms. The van der Waals surface area contributed by atoms with Crippen LogP contribution in [0.5, 0.6) is 0 Å². The number of amides is 3. The second-order valence-electron chi connectivity index (χ2n) is 6.64. The molecule has 6 nitrogen and oxygen atoms in total. The third-order valence-electron chi connectivity index (χ3n) is 4.73. The number of carbonyl (C=O) groups excluding carboxylic acids is 3. The Bertz CT molecular complexity index is 703. The lowest BCUT2D eigenvalue weighted by molar-refractivity contribution is -0.139. The fraction of sp³-hybridized carbons (Fsp3) is 0.500. The van der Waals surface area contributed by atoms with Crippen molar-refractivity contribution in [3.63, 3.8) is 0 Å². The van der Waals surface area contributed by atoms with E-state index in [1.165, 1.54) is 0 Å². The van der Waals surface area contributed by atoms with Crippen molar-refractivity contribution in [2.24, 2.45) is 5.92 Å². The number of likely N-dealkylation sites (tertiary alicyclic amines) is 1. The largest absolute Gasteiger partial charge is 0.345 e. The fourth-order valence-electron chi connectivity index (χ4n) is 3.09. The van der Waals surface area contributed by atoms with Gasteiger partial charge in [0.25, 0.3) is 0 Å². The van der Waals surface area contributed by atoms with Crippen LogP contribution in [0.1, 0.15) is 31.2 Å². The fourth-order valence-corrected chi connectivity index (χ4v) is 3.26. The summed E-state index contributed by atoms with van der Waals surface area (Å²) in [5.74, 6) is -0.402. The Morgan fingerprint density at radius 1 is 1.24 bits per heavy atom. The Morgan fingerprint density at radius 2 is 2.00 bits per heavy atom. The highest BCUT2D eigenvalue weighted by Crippen LogP contribution is 2.33. The van der Waals surface area contributed by atoms with Crippen LogP contribution in [0.3, 0.4) is 0 Å². The van der Waals surface area contributed by atoms with Crippen molar-refractivity contribution in [2.45, 2.75) is 38.6 Å². The number of hydrogen-bond donors (Lipinski definition) is 2. The Hall–Kier alpha value is -2.08. The van der Waals surface area contributed by atoms with E-state index in [0.717, 1.165) is 24.8 Å². The SMILES string of the molecule is Cc1c(Cl)cccc1NC(=O)CNC(=O)C1CCCN1C(=O)C1CC1. The van der Waals surface area contributed by atoms with Gasteiger partial charge in [-0.2, -0.15) is 0 Å². The van der Waals surface area contributed by atoms with Gasteiger partial charge in [0, 0.05) is 23.2 Å². The summed E-state index contributed by atoms with van der Waals surface area (Å²) >= 11 is 6.03. The van der Waals surface area contributed by atoms with E-state index in [1.807, 2.05) is 6.92 Å². The summed E-state index contributed by atoms with van der Waals surface area (Å²) in [5.41, 5.74) is 1.40. The molecule has 1 aliphatic carbocycles. The number of hydrogen-bond acceptors (Lipinski definition) is 3.